The maximum atomic E-state index is 11.7. The first kappa shape index (κ1) is 18.1. The van der Waals surface area contributed by atoms with Crippen LogP contribution in [0.25, 0.3) is 0 Å². The van der Waals surface area contributed by atoms with E-state index in [2.05, 4.69) is 25.8 Å². The number of nitrogens with one attached hydrogen (secondary N) is 2. The number of carbonyl (C=O) groups excluding carboxylic acids is 1. The highest BCUT2D eigenvalue weighted by Gasteiger charge is 2.31. The quantitative estimate of drug-likeness (QED) is 0.799. The molecule has 1 saturated heterocycles. The van der Waals surface area contributed by atoms with Crippen LogP contribution in [0.3, 0.4) is 0 Å². The Bertz CT molecular complexity index is 900. The Morgan fingerprint density at radius 3 is 2.54 bits per heavy atom. The highest BCUT2D eigenvalue weighted by molar-refractivity contribution is 7.91. The Kier molecular flexibility index (Phi) is 5.03. The molecule has 1 aromatic carbocycles. The Morgan fingerprint density at radius 1 is 1.23 bits per heavy atom. The number of hydrogen-bond donors (Lipinski definition) is 2. The zero-order valence-electron chi connectivity index (χ0n) is 14.5. The fraction of sp³-hybridized carbons (Fsp3) is 0.375. The predicted molar refractivity (Wildman–Crippen MR) is 99.3 cm³/mol. The van der Waals surface area contributed by atoms with Gasteiger partial charge in [-0.3, -0.25) is 4.79 Å². The first-order chi connectivity index (χ1) is 12.3. The number of hydrogen-bond acceptors (Lipinski definition) is 8. The van der Waals surface area contributed by atoms with E-state index in [-0.39, 0.29) is 23.5 Å². The van der Waals surface area contributed by atoms with Gasteiger partial charge in [0.25, 0.3) is 0 Å². The molecule has 1 aliphatic heterocycles. The molecule has 0 bridgehead atoms. The minimum atomic E-state index is -2.98. The van der Waals surface area contributed by atoms with Crippen molar-refractivity contribution in [1.29, 1.82) is 0 Å². The second-order valence-electron chi connectivity index (χ2n) is 6.19. The minimum absolute atomic E-state index is 0.106. The zero-order valence-corrected chi connectivity index (χ0v) is 15.3. The summed E-state index contributed by atoms with van der Waals surface area (Å²) in [6, 6.07) is 7.01. The van der Waals surface area contributed by atoms with Crippen molar-refractivity contribution in [2.24, 2.45) is 0 Å². The molecule has 9 nitrogen and oxygen atoms in total. The van der Waals surface area contributed by atoms with Crippen LogP contribution in [0.4, 0.5) is 23.1 Å². The maximum absolute atomic E-state index is 11.7. The molecule has 0 saturated carbocycles. The van der Waals surface area contributed by atoms with E-state index in [0.29, 0.717) is 23.9 Å². The molecule has 138 valence electrons. The van der Waals surface area contributed by atoms with Crippen LogP contribution in [0.1, 0.15) is 13.3 Å². The summed E-state index contributed by atoms with van der Waals surface area (Å²) in [5.74, 6) is 1.03. The van der Waals surface area contributed by atoms with Crippen LogP contribution in [0.2, 0.25) is 0 Å². The van der Waals surface area contributed by atoms with Gasteiger partial charge in [-0.15, -0.1) is 5.10 Å². The number of amides is 1. The average molecular weight is 376 g/mol. The van der Waals surface area contributed by atoms with Crippen molar-refractivity contribution in [1.82, 2.24) is 15.2 Å². The van der Waals surface area contributed by atoms with Crippen LogP contribution in [0.5, 0.6) is 0 Å². The molecule has 26 heavy (non-hydrogen) atoms. The van der Waals surface area contributed by atoms with E-state index in [1.807, 2.05) is 0 Å². The monoisotopic (exact) mass is 376 g/mol. The Labute approximate surface area is 151 Å². The van der Waals surface area contributed by atoms with Gasteiger partial charge in [0.05, 0.1) is 17.7 Å². The lowest BCUT2D eigenvalue weighted by Gasteiger charge is -2.22. The second kappa shape index (κ2) is 7.24. The second-order valence-corrected chi connectivity index (χ2v) is 8.42. The third kappa shape index (κ3) is 4.45. The maximum Gasteiger partial charge on any atom is 0.247 e. The highest BCUT2D eigenvalue weighted by Crippen LogP contribution is 2.22. The van der Waals surface area contributed by atoms with Crippen molar-refractivity contribution in [2.75, 3.05) is 34.1 Å². The molecule has 2 heterocycles. The van der Waals surface area contributed by atoms with Gasteiger partial charge in [0.2, 0.25) is 11.9 Å². The topological polar surface area (TPSA) is 117 Å². The Morgan fingerprint density at radius 2 is 1.92 bits per heavy atom. The number of anilines is 4. The van der Waals surface area contributed by atoms with Crippen LogP contribution < -0.4 is 15.5 Å². The van der Waals surface area contributed by atoms with Crippen LogP contribution in [0.15, 0.2) is 30.5 Å². The highest BCUT2D eigenvalue weighted by atomic mass is 32.2. The molecular weight excluding hydrogens is 356 g/mol. The lowest BCUT2D eigenvalue weighted by Crippen LogP contribution is -2.34. The molecule has 2 aromatic rings. The van der Waals surface area contributed by atoms with E-state index in [0.717, 1.165) is 5.69 Å². The molecule has 1 fully saturated rings. The van der Waals surface area contributed by atoms with Crippen LogP contribution in [0, 0.1) is 0 Å². The number of benzene rings is 1. The van der Waals surface area contributed by atoms with Crippen LogP contribution >= 0.6 is 0 Å². The summed E-state index contributed by atoms with van der Waals surface area (Å²) in [6.45, 7) is 1.45. The molecule has 0 spiro atoms. The molecule has 10 heteroatoms. The van der Waals surface area contributed by atoms with E-state index < -0.39 is 9.84 Å². The normalized spacial score (nSPS) is 18.3. The molecule has 3 rings (SSSR count). The van der Waals surface area contributed by atoms with Crippen molar-refractivity contribution in [3.63, 3.8) is 0 Å². The van der Waals surface area contributed by atoms with Crippen molar-refractivity contribution < 1.29 is 13.2 Å². The van der Waals surface area contributed by atoms with Gasteiger partial charge in [-0.1, -0.05) is 0 Å². The van der Waals surface area contributed by atoms with Crippen molar-refractivity contribution in [2.45, 2.75) is 19.4 Å². The third-order valence-corrected chi connectivity index (χ3v) is 5.85. The van der Waals surface area contributed by atoms with Gasteiger partial charge in [-0.2, -0.15) is 10.1 Å². The first-order valence-electron chi connectivity index (χ1n) is 8.10. The molecular formula is C16H20N6O3S. The summed E-state index contributed by atoms with van der Waals surface area (Å²) in [5, 5.41) is 13.8. The summed E-state index contributed by atoms with van der Waals surface area (Å²) >= 11 is 0. The van der Waals surface area contributed by atoms with Crippen LogP contribution in [-0.4, -0.2) is 54.1 Å². The summed E-state index contributed by atoms with van der Waals surface area (Å²) in [5.41, 5.74) is 1.48. The molecule has 1 amide bonds. The van der Waals surface area contributed by atoms with Gasteiger partial charge >= 0.3 is 0 Å². The number of aromatic nitrogens is 3. The Hall–Kier alpha value is -2.75. The van der Waals surface area contributed by atoms with Crippen LogP contribution in [-0.2, 0) is 14.6 Å². The lowest BCUT2D eigenvalue weighted by atomic mass is 10.2. The van der Waals surface area contributed by atoms with Gasteiger partial charge in [0.1, 0.15) is 0 Å². The van der Waals surface area contributed by atoms with E-state index in [9.17, 15) is 13.2 Å². The van der Waals surface area contributed by atoms with Gasteiger partial charge < -0.3 is 15.5 Å². The molecule has 0 radical (unpaired) electrons. The molecule has 1 atom stereocenters. The van der Waals surface area contributed by atoms with Gasteiger partial charge in [-0.05, 0) is 30.7 Å². The SMILES string of the molecule is CC(=O)Nc1ccc(Nc2cnnc(N(C)C3CCS(=O)(=O)C3)n2)cc1. The Balaban J connectivity index is 1.70. The van der Waals surface area contributed by atoms with Gasteiger partial charge in [0.15, 0.2) is 15.7 Å². The minimum Gasteiger partial charge on any atom is -0.339 e. The molecule has 0 aliphatic carbocycles. The zero-order chi connectivity index (χ0) is 18.7. The van der Waals surface area contributed by atoms with E-state index in [1.165, 1.54) is 13.1 Å². The number of rotatable bonds is 5. The van der Waals surface area contributed by atoms with Gasteiger partial charge in [-0.25, -0.2) is 8.42 Å². The summed E-state index contributed by atoms with van der Waals surface area (Å²) < 4.78 is 23.3. The number of nitrogens with zero attached hydrogens (tertiary/aromatic N) is 4. The van der Waals surface area contributed by atoms with E-state index in [1.54, 1.807) is 36.2 Å². The van der Waals surface area contributed by atoms with E-state index in [4.69, 9.17) is 0 Å². The lowest BCUT2D eigenvalue weighted by molar-refractivity contribution is -0.114. The largest absolute Gasteiger partial charge is 0.339 e. The fourth-order valence-corrected chi connectivity index (χ4v) is 4.51. The summed E-state index contributed by atoms with van der Waals surface area (Å²) in [6.07, 6.45) is 2.05. The van der Waals surface area contributed by atoms with Gasteiger partial charge in [0, 0.05) is 31.4 Å². The van der Waals surface area contributed by atoms with E-state index >= 15 is 0 Å². The summed E-state index contributed by atoms with van der Waals surface area (Å²) in [4.78, 5) is 17.2. The van der Waals surface area contributed by atoms with Crippen molar-refractivity contribution >= 4 is 38.9 Å². The number of carbonyl (C=O) groups is 1. The van der Waals surface area contributed by atoms with Crippen molar-refractivity contribution in [3.8, 4) is 0 Å². The predicted octanol–water partition coefficient (Wildman–Crippen LogP) is 1.20. The molecule has 1 unspecified atom stereocenters. The third-order valence-electron chi connectivity index (χ3n) is 4.10. The fourth-order valence-electron chi connectivity index (χ4n) is 2.74. The smallest absolute Gasteiger partial charge is 0.247 e. The molecule has 1 aliphatic rings. The summed E-state index contributed by atoms with van der Waals surface area (Å²) in [7, 11) is -1.21. The first-order valence-corrected chi connectivity index (χ1v) is 9.92. The number of sulfone groups is 1. The van der Waals surface area contributed by atoms with Crippen molar-refractivity contribution in [3.05, 3.63) is 30.5 Å². The molecule has 2 N–H and O–H groups in total. The average Bonchev–Trinajstić information content (AvgIpc) is 2.96. The standard InChI is InChI=1S/C16H20N6O3S/c1-11(23)18-12-3-5-13(6-4-12)19-15-9-17-21-16(20-15)22(2)14-7-8-26(24,25)10-14/h3-6,9,14H,7-8,10H2,1-2H3,(H,18,23)(H,19,20,21). The molecule has 1 aromatic heterocycles.